The molecule has 0 aliphatic rings. The molecule has 0 rings (SSSR count). The highest BCUT2D eigenvalue weighted by molar-refractivity contribution is 7.47. The number of phosphoric ester groups is 2. The first-order chi connectivity index (χ1) is 48.2. The number of unbranched alkanes of at least 4 members (excludes halogenated alkanes) is 47. The number of aliphatic hydroxyl groups is 1. The standard InChI is InChI=1S/C81H158O17P2/c1-8-9-10-11-12-13-14-15-16-17-18-19-20-21-22-25-29-32-35-42-50-57-64-80(85)97-76(68-91-78(83)62-55-48-41-34-31-28-26-23-24-27-30-33-38-45-52-59-72(2)3)70-95-99(87,88)93-66-75(82)67-94-100(89,90)96-71-77(98-81(86)65-58-51-44-37-40-47-54-61-74(6)7)69-92-79(84)63-56-49-43-36-39-46-53-60-73(4)5/h72-77,82H,8-71H2,1-7H3,(H,87,88)(H,89,90)/t75-,76-,77-/m1/s1. The van der Waals surface area contributed by atoms with E-state index in [1.165, 1.54) is 225 Å². The molecule has 0 aliphatic carbocycles. The number of hydrogen-bond donors (Lipinski definition) is 3. The Balaban J connectivity index is 5.18. The molecule has 3 N–H and O–H groups in total. The highest BCUT2D eigenvalue weighted by atomic mass is 31.2. The summed E-state index contributed by atoms with van der Waals surface area (Å²) < 4.78 is 68.6. The summed E-state index contributed by atoms with van der Waals surface area (Å²) in [6.07, 6.45) is 60.1. The summed E-state index contributed by atoms with van der Waals surface area (Å²) >= 11 is 0. The van der Waals surface area contributed by atoms with Gasteiger partial charge >= 0.3 is 39.5 Å². The first-order valence-electron chi connectivity index (χ1n) is 41.8. The van der Waals surface area contributed by atoms with Gasteiger partial charge in [-0.1, -0.05) is 370 Å². The van der Waals surface area contributed by atoms with Crippen molar-refractivity contribution in [2.75, 3.05) is 39.6 Å². The van der Waals surface area contributed by atoms with Crippen LogP contribution in [0.15, 0.2) is 0 Å². The van der Waals surface area contributed by atoms with Crippen molar-refractivity contribution in [1.82, 2.24) is 0 Å². The van der Waals surface area contributed by atoms with E-state index in [4.69, 9.17) is 37.0 Å². The smallest absolute Gasteiger partial charge is 0.462 e. The molecule has 17 nitrogen and oxygen atoms in total. The van der Waals surface area contributed by atoms with Gasteiger partial charge in [0.1, 0.15) is 19.3 Å². The lowest BCUT2D eigenvalue weighted by Gasteiger charge is -2.21. The lowest BCUT2D eigenvalue weighted by atomic mass is 10.0. The summed E-state index contributed by atoms with van der Waals surface area (Å²) in [6, 6.07) is 0. The van der Waals surface area contributed by atoms with Crippen LogP contribution in [-0.2, 0) is 65.4 Å². The van der Waals surface area contributed by atoms with Gasteiger partial charge in [0.25, 0.3) is 0 Å². The van der Waals surface area contributed by atoms with Gasteiger partial charge in [-0.2, -0.15) is 0 Å². The van der Waals surface area contributed by atoms with Crippen molar-refractivity contribution in [3.63, 3.8) is 0 Å². The van der Waals surface area contributed by atoms with E-state index in [0.29, 0.717) is 37.5 Å². The van der Waals surface area contributed by atoms with Gasteiger partial charge in [0.05, 0.1) is 26.4 Å². The lowest BCUT2D eigenvalue weighted by Crippen LogP contribution is -2.30. The van der Waals surface area contributed by atoms with Crippen molar-refractivity contribution in [3.8, 4) is 0 Å². The third-order valence-electron chi connectivity index (χ3n) is 18.9. The lowest BCUT2D eigenvalue weighted by molar-refractivity contribution is -0.161. The molecule has 100 heavy (non-hydrogen) atoms. The Kier molecular flexibility index (Phi) is 69.9. The normalized spacial score (nSPS) is 14.0. The molecule has 0 saturated heterocycles. The number of carbonyl (C=O) groups is 4. The van der Waals surface area contributed by atoms with Gasteiger partial charge < -0.3 is 33.8 Å². The molecule has 0 heterocycles. The number of rotatable bonds is 79. The molecule has 0 aromatic carbocycles. The summed E-state index contributed by atoms with van der Waals surface area (Å²) in [6.45, 7) is 11.8. The second-order valence-electron chi connectivity index (χ2n) is 30.6. The highest BCUT2D eigenvalue weighted by Gasteiger charge is 2.30. The maximum absolute atomic E-state index is 13.1. The Hall–Kier alpha value is -1.94. The largest absolute Gasteiger partial charge is 0.472 e. The van der Waals surface area contributed by atoms with Crippen molar-refractivity contribution in [3.05, 3.63) is 0 Å². The van der Waals surface area contributed by atoms with Crippen LogP contribution in [0, 0.1) is 17.8 Å². The van der Waals surface area contributed by atoms with Crippen LogP contribution in [-0.4, -0.2) is 96.7 Å². The fourth-order valence-electron chi connectivity index (χ4n) is 12.5. The van der Waals surface area contributed by atoms with Crippen molar-refractivity contribution in [2.45, 2.75) is 439 Å². The number of aliphatic hydroxyl groups excluding tert-OH is 1. The molecule has 19 heteroatoms. The fraction of sp³-hybridized carbons (Fsp3) is 0.951. The molecule has 0 bridgehead atoms. The van der Waals surface area contributed by atoms with E-state index in [1.54, 1.807) is 0 Å². The van der Waals surface area contributed by atoms with Crippen molar-refractivity contribution in [2.24, 2.45) is 17.8 Å². The molecule has 594 valence electrons. The third kappa shape index (κ3) is 74.3. The topological polar surface area (TPSA) is 237 Å². The molecule has 0 aromatic heterocycles. The van der Waals surface area contributed by atoms with Crippen LogP contribution < -0.4 is 0 Å². The zero-order valence-corrected chi connectivity index (χ0v) is 67.5. The Morgan fingerprint density at radius 2 is 0.460 bits per heavy atom. The summed E-state index contributed by atoms with van der Waals surface area (Å²) in [4.78, 5) is 72.9. The monoisotopic (exact) mass is 1470 g/mol. The van der Waals surface area contributed by atoms with Crippen LogP contribution in [0.4, 0.5) is 0 Å². The fourth-order valence-corrected chi connectivity index (χ4v) is 14.1. The average Bonchev–Trinajstić information content (AvgIpc) is 0.932. The maximum atomic E-state index is 13.1. The van der Waals surface area contributed by atoms with Gasteiger partial charge in [-0.05, 0) is 43.4 Å². The third-order valence-corrected chi connectivity index (χ3v) is 20.8. The Morgan fingerprint density at radius 3 is 0.680 bits per heavy atom. The van der Waals surface area contributed by atoms with Crippen molar-refractivity contribution >= 4 is 39.5 Å². The molecule has 0 aromatic rings. The van der Waals surface area contributed by atoms with Gasteiger partial charge in [0.15, 0.2) is 12.2 Å². The Morgan fingerprint density at radius 1 is 0.270 bits per heavy atom. The van der Waals surface area contributed by atoms with Gasteiger partial charge in [-0.15, -0.1) is 0 Å². The van der Waals surface area contributed by atoms with E-state index in [-0.39, 0.29) is 25.7 Å². The first-order valence-corrected chi connectivity index (χ1v) is 44.8. The molecule has 5 atom stereocenters. The van der Waals surface area contributed by atoms with E-state index in [1.807, 2.05) is 0 Å². The predicted molar refractivity (Wildman–Crippen MR) is 409 cm³/mol. The Bertz CT molecular complexity index is 1940. The minimum absolute atomic E-state index is 0.103. The van der Waals surface area contributed by atoms with Crippen LogP contribution in [0.1, 0.15) is 421 Å². The zero-order valence-electron chi connectivity index (χ0n) is 65.7. The first kappa shape index (κ1) is 98.1. The number of phosphoric acid groups is 2. The van der Waals surface area contributed by atoms with E-state index >= 15 is 0 Å². The molecule has 0 amide bonds. The van der Waals surface area contributed by atoms with E-state index in [9.17, 15) is 43.2 Å². The number of esters is 4. The molecule has 0 radical (unpaired) electrons. The summed E-state index contributed by atoms with van der Waals surface area (Å²) in [5.41, 5.74) is 0. The van der Waals surface area contributed by atoms with Crippen molar-refractivity contribution in [1.29, 1.82) is 0 Å². The van der Waals surface area contributed by atoms with Crippen molar-refractivity contribution < 1.29 is 80.2 Å². The second kappa shape index (κ2) is 71.3. The van der Waals surface area contributed by atoms with E-state index < -0.39 is 97.5 Å². The minimum Gasteiger partial charge on any atom is -0.462 e. The summed E-state index contributed by atoms with van der Waals surface area (Å²) in [5.74, 6) is 0.0899. The maximum Gasteiger partial charge on any atom is 0.472 e. The van der Waals surface area contributed by atoms with Crippen LogP contribution in [0.25, 0.3) is 0 Å². The molecule has 2 unspecified atom stereocenters. The number of hydrogen-bond acceptors (Lipinski definition) is 15. The van der Waals surface area contributed by atoms with Gasteiger partial charge in [0.2, 0.25) is 0 Å². The molecular formula is C81H158O17P2. The number of ether oxygens (including phenoxy) is 4. The van der Waals surface area contributed by atoms with E-state index in [2.05, 4.69) is 48.5 Å². The minimum atomic E-state index is -4.96. The zero-order chi connectivity index (χ0) is 73.7. The quantitative estimate of drug-likeness (QED) is 0.0222. The van der Waals surface area contributed by atoms with Crippen LogP contribution in [0.3, 0.4) is 0 Å². The van der Waals surface area contributed by atoms with Crippen LogP contribution in [0.5, 0.6) is 0 Å². The summed E-state index contributed by atoms with van der Waals surface area (Å²) in [5, 5.41) is 10.6. The molecule has 0 saturated carbocycles. The molecular weight excluding hydrogens is 1310 g/mol. The van der Waals surface area contributed by atoms with Gasteiger partial charge in [0, 0.05) is 25.7 Å². The molecule has 0 spiro atoms. The van der Waals surface area contributed by atoms with Crippen LogP contribution in [0.2, 0.25) is 0 Å². The second-order valence-corrected chi connectivity index (χ2v) is 33.5. The molecule has 0 fully saturated rings. The SMILES string of the molecule is CCCCCCCCCCCCCCCCCCCCCCCCC(=O)O[C@H](COC(=O)CCCCCCCCCCCCCCCCCC(C)C)COP(=O)(O)OC[C@@H](O)COP(=O)(O)OC[C@@H](COC(=O)CCCCCCCCCC(C)C)OC(=O)CCCCCCCCCC(C)C. The number of carbonyl (C=O) groups excluding carboxylic acids is 4. The summed E-state index contributed by atoms with van der Waals surface area (Å²) in [7, 11) is -9.92. The predicted octanol–water partition coefficient (Wildman–Crippen LogP) is 24.1. The highest BCUT2D eigenvalue weighted by Crippen LogP contribution is 2.45. The molecule has 0 aliphatic heterocycles. The Labute approximate surface area is 613 Å². The van der Waals surface area contributed by atoms with E-state index in [0.717, 1.165) is 102 Å². The average molecular weight is 1470 g/mol. The van der Waals surface area contributed by atoms with Gasteiger partial charge in [-0.3, -0.25) is 37.3 Å². The van der Waals surface area contributed by atoms with Gasteiger partial charge in [-0.25, -0.2) is 9.13 Å². The van der Waals surface area contributed by atoms with Crippen LogP contribution >= 0.6 is 15.6 Å².